The number of aromatic nitrogens is 3. The lowest BCUT2D eigenvalue weighted by molar-refractivity contribution is 0.243. The highest BCUT2D eigenvalue weighted by Gasteiger charge is 2.20. The normalized spacial score (nSPS) is 14.6. The molecular weight excluding hydrogens is 316 g/mol. The molecule has 0 amide bonds. The Kier molecular flexibility index (Phi) is 4.12. The molecule has 1 aliphatic heterocycles. The largest absolute Gasteiger partial charge is 0.292 e. The molecule has 0 aromatic carbocycles. The first-order valence-electron chi connectivity index (χ1n) is 8.23. The van der Waals surface area contributed by atoms with Crippen LogP contribution in [0.5, 0.6) is 0 Å². The van der Waals surface area contributed by atoms with Gasteiger partial charge in [0.25, 0.3) is 0 Å². The van der Waals surface area contributed by atoms with Gasteiger partial charge in [0, 0.05) is 41.8 Å². The molecule has 0 saturated carbocycles. The van der Waals surface area contributed by atoms with Crippen LogP contribution in [0, 0.1) is 13.8 Å². The van der Waals surface area contributed by atoms with E-state index in [-0.39, 0.29) is 0 Å². The average Bonchev–Trinajstić information content (AvgIpc) is 2.92. The third kappa shape index (κ3) is 3.09. The molecule has 3 aromatic heterocycles. The molecule has 0 radical (unpaired) electrons. The Bertz CT molecular complexity index is 838. The van der Waals surface area contributed by atoms with Crippen LogP contribution in [0.2, 0.25) is 0 Å². The predicted molar refractivity (Wildman–Crippen MR) is 96.9 cm³/mol. The standard InChI is InChI=1S/C19H20N4S/c1-13-9-16(24-14(13)2)11-23-8-6-15-10-21-19(22-18(15)12-23)17-5-3-4-7-20-17/h3-5,7,9-10H,6,8,11-12H2,1-2H3. The van der Waals surface area contributed by atoms with Crippen LogP contribution in [0.3, 0.4) is 0 Å². The molecule has 4 heterocycles. The van der Waals surface area contributed by atoms with Gasteiger partial charge in [-0.1, -0.05) is 6.07 Å². The lowest BCUT2D eigenvalue weighted by Gasteiger charge is -2.27. The zero-order valence-electron chi connectivity index (χ0n) is 14.0. The minimum atomic E-state index is 0.721. The van der Waals surface area contributed by atoms with E-state index in [1.165, 1.54) is 20.9 Å². The van der Waals surface area contributed by atoms with E-state index >= 15 is 0 Å². The zero-order chi connectivity index (χ0) is 16.5. The number of hydrogen-bond acceptors (Lipinski definition) is 5. The number of pyridine rings is 1. The van der Waals surface area contributed by atoms with Crippen LogP contribution in [0.15, 0.2) is 36.7 Å². The van der Waals surface area contributed by atoms with Crippen molar-refractivity contribution in [3.8, 4) is 11.5 Å². The molecule has 4 nitrogen and oxygen atoms in total. The topological polar surface area (TPSA) is 41.9 Å². The van der Waals surface area contributed by atoms with Crippen molar-refractivity contribution in [2.45, 2.75) is 33.4 Å². The molecule has 0 unspecified atom stereocenters. The van der Waals surface area contributed by atoms with E-state index in [2.05, 4.69) is 34.8 Å². The van der Waals surface area contributed by atoms with E-state index in [1.54, 1.807) is 6.20 Å². The maximum Gasteiger partial charge on any atom is 0.178 e. The van der Waals surface area contributed by atoms with E-state index in [0.717, 1.165) is 43.3 Å². The Morgan fingerprint density at radius 1 is 1.21 bits per heavy atom. The van der Waals surface area contributed by atoms with Crippen LogP contribution in [0.4, 0.5) is 0 Å². The first-order chi connectivity index (χ1) is 11.7. The number of thiophene rings is 1. The van der Waals surface area contributed by atoms with Gasteiger partial charge < -0.3 is 0 Å². The van der Waals surface area contributed by atoms with Gasteiger partial charge in [-0.05, 0) is 49.6 Å². The number of rotatable bonds is 3. The molecule has 0 spiro atoms. The van der Waals surface area contributed by atoms with E-state index < -0.39 is 0 Å². The van der Waals surface area contributed by atoms with Gasteiger partial charge in [-0.15, -0.1) is 11.3 Å². The lowest BCUT2D eigenvalue weighted by Crippen LogP contribution is -2.30. The Morgan fingerprint density at radius 2 is 2.12 bits per heavy atom. The maximum absolute atomic E-state index is 4.79. The first-order valence-corrected chi connectivity index (χ1v) is 9.05. The summed E-state index contributed by atoms with van der Waals surface area (Å²) >= 11 is 1.90. The molecule has 3 aromatic rings. The molecule has 1 aliphatic rings. The van der Waals surface area contributed by atoms with Gasteiger partial charge in [-0.3, -0.25) is 9.88 Å². The van der Waals surface area contributed by atoms with Crippen LogP contribution >= 0.6 is 11.3 Å². The summed E-state index contributed by atoms with van der Waals surface area (Å²) in [7, 11) is 0. The average molecular weight is 336 g/mol. The molecule has 0 bridgehead atoms. The van der Waals surface area contributed by atoms with Crippen molar-refractivity contribution in [1.29, 1.82) is 0 Å². The monoisotopic (exact) mass is 336 g/mol. The molecule has 0 aliphatic carbocycles. The minimum absolute atomic E-state index is 0.721. The van der Waals surface area contributed by atoms with Gasteiger partial charge in [-0.25, -0.2) is 9.97 Å². The van der Waals surface area contributed by atoms with Gasteiger partial charge in [0.15, 0.2) is 5.82 Å². The van der Waals surface area contributed by atoms with Crippen molar-refractivity contribution in [1.82, 2.24) is 19.9 Å². The second kappa shape index (κ2) is 6.42. The molecule has 5 heteroatoms. The summed E-state index contributed by atoms with van der Waals surface area (Å²) in [4.78, 5) is 19.0. The fourth-order valence-electron chi connectivity index (χ4n) is 3.06. The van der Waals surface area contributed by atoms with E-state index in [4.69, 9.17) is 4.98 Å². The van der Waals surface area contributed by atoms with Crippen molar-refractivity contribution >= 4 is 11.3 Å². The van der Waals surface area contributed by atoms with Crippen molar-refractivity contribution in [3.63, 3.8) is 0 Å². The van der Waals surface area contributed by atoms with Crippen LogP contribution in [0.1, 0.15) is 26.6 Å². The van der Waals surface area contributed by atoms with Crippen LogP contribution in [-0.4, -0.2) is 26.4 Å². The number of hydrogen-bond donors (Lipinski definition) is 0. The Labute approximate surface area is 146 Å². The van der Waals surface area contributed by atoms with Crippen molar-refractivity contribution in [2.75, 3.05) is 6.54 Å². The van der Waals surface area contributed by atoms with Gasteiger partial charge >= 0.3 is 0 Å². The first kappa shape index (κ1) is 15.4. The molecular formula is C19H20N4S. The summed E-state index contributed by atoms with van der Waals surface area (Å²) in [6.07, 6.45) is 4.77. The molecule has 4 rings (SSSR count). The fourth-order valence-corrected chi connectivity index (χ4v) is 4.15. The van der Waals surface area contributed by atoms with E-state index in [0.29, 0.717) is 0 Å². The number of fused-ring (bicyclic) bond motifs is 1. The Balaban J connectivity index is 1.55. The lowest BCUT2D eigenvalue weighted by atomic mass is 10.1. The zero-order valence-corrected chi connectivity index (χ0v) is 14.8. The van der Waals surface area contributed by atoms with Gasteiger partial charge in [0.1, 0.15) is 5.69 Å². The second-order valence-electron chi connectivity index (χ2n) is 6.29. The summed E-state index contributed by atoms with van der Waals surface area (Å²) in [6.45, 7) is 7.33. The quantitative estimate of drug-likeness (QED) is 0.730. The molecule has 122 valence electrons. The third-order valence-electron chi connectivity index (χ3n) is 4.52. The van der Waals surface area contributed by atoms with Crippen LogP contribution < -0.4 is 0 Å². The molecule has 0 N–H and O–H groups in total. The number of nitrogens with zero attached hydrogens (tertiary/aromatic N) is 4. The van der Waals surface area contributed by atoms with E-state index in [9.17, 15) is 0 Å². The summed E-state index contributed by atoms with van der Waals surface area (Å²) in [5.74, 6) is 0.721. The Hall–Kier alpha value is -2.11. The second-order valence-corrected chi connectivity index (χ2v) is 7.63. The van der Waals surface area contributed by atoms with Crippen molar-refractivity contribution < 1.29 is 0 Å². The van der Waals surface area contributed by atoms with Gasteiger partial charge in [-0.2, -0.15) is 0 Å². The van der Waals surface area contributed by atoms with Crippen LogP contribution in [-0.2, 0) is 19.5 Å². The van der Waals surface area contributed by atoms with Crippen molar-refractivity contribution in [2.24, 2.45) is 0 Å². The summed E-state index contributed by atoms with van der Waals surface area (Å²) in [5.41, 5.74) is 4.64. The highest BCUT2D eigenvalue weighted by atomic mass is 32.1. The molecule has 0 atom stereocenters. The van der Waals surface area contributed by atoms with Crippen LogP contribution in [0.25, 0.3) is 11.5 Å². The molecule has 0 saturated heterocycles. The SMILES string of the molecule is Cc1cc(CN2CCc3cnc(-c4ccccn4)nc3C2)sc1C. The maximum atomic E-state index is 4.79. The summed E-state index contributed by atoms with van der Waals surface area (Å²) in [5, 5.41) is 0. The predicted octanol–water partition coefficient (Wildman–Crippen LogP) is 3.78. The van der Waals surface area contributed by atoms with Gasteiger partial charge in [0.05, 0.1) is 5.69 Å². The summed E-state index contributed by atoms with van der Waals surface area (Å²) < 4.78 is 0. The minimum Gasteiger partial charge on any atom is -0.292 e. The molecule has 24 heavy (non-hydrogen) atoms. The Morgan fingerprint density at radius 3 is 2.88 bits per heavy atom. The smallest absolute Gasteiger partial charge is 0.178 e. The van der Waals surface area contributed by atoms with Gasteiger partial charge in [0.2, 0.25) is 0 Å². The number of aryl methyl sites for hydroxylation is 2. The third-order valence-corrected chi connectivity index (χ3v) is 5.65. The highest BCUT2D eigenvalue weighted by Crippen LogP contribution is 2.25. The fraction of sp³-hybridized carbons (Fsp3) is 0.316. The summed E-state index contributed by atoms with van der Waals surface area (Å²) in [6, 6.07) is 8.15. The highest BCUT2D eigenvalue weighted by molar-refractivity contribution is 7.12. The molecule has 0 fully saturated rings. The van der Waals surface area contributed by atoms with E-state index in [1.807, 2.05) is 35.7 Å². The van der Waals surface area contributed by atoms with Crippen molar-refractivity contribution in [3.05, 3.63) is 63.2 Å².